The molecule has 156 valence electrons. The van der Waals surface area contributed by atoms with E-state index in [1.165, 1.54) is 18.2 Å². The molecule has 0 bridgehead atoms. The van der Waals surface area contributed by atoms with E-state index in [0.29, 0.717) is 17.1 Å². The molecule has 30 heavy (non-hydrogen) atoms. The molecular formula is C19H16F3N5O3. The Morgan fingerprint density at radius 3 is 2.67 bits per heavy atom. The molecule has 1 aliphatic heterocycles. The first-order chi connectivity index (χ1) is 14.3. The molecule has 8 nitrogen and oxygen atoms in total. The molecule has 0 saturated heterocycles. The van der Waals surface area contributed by atoms with E-state index in [2.05, 4.69) is 25.0 Å². The molecule has 1 aromatic carbocycles. The number of pyridine rings is 1. The molecule has 0 amide bonds. The van der Waals surface area contributed by atoms with Crippen molar-refractivity contribution in [1.29, 1.82) is 0 Å². The van der Waals surface area contributed by atoms with E-state index in [-0.39, 0.29) is 24.4 Å². The van der Waals surface area contributed by atoms with Crippen LogP contribution in [-0.2, 0) is 13.0 Å². The van der Waals surface area contributed by atoms with Crippen LogP contribution in [0.2, 0.25) is 0 Å². The van der Waals surface area contributed by atoms with Crippen molar-refractivity contribution in [2.45, 2.75) is 25.5 Å². The van der Waals surface area contributed by atoms with Gasteiger partial charge in [-0.15, -0.1) is 13.2 Å². The maximum Gasteiger partial charge on any atom is 0.573 e. The van der Waals surface area contributed by atoms with Crippen LogP contribution in [0, 0.1) is 0 Å². The van der Waals surface area contributed by atoms with Gasteiger partial charge in [-0.2, -0.15) is 0 Å². The van der Waals surface area contributed by atoms with Gasteiger partial charge in [-0.1, -0.05) is 18.2 Å². The summed E-state index contributed by atoms with van der Waals surface area (Å²) in [6, 6.07) is 11.0. The molecule has 1 unspecified atom stereocenters. The van der Waals surface area contributed by atoms with Gasteiger partial charge in [0.15, 0.2) is 0 Å². The van der Waals surface area contributed by atoms with Gasteiger partial charge in [0.1, 0.15) is 23.4 Å². The molecule has 3 N–H and O–H groups in total. The Bertz CT molecular complexity index is 1160. The second kappa shape index (κ2) is 7.58. The van der Waals surface area contributed by atoms with Crippen molar-refractivity contribution >= 4 is 11.5 Å². The van der Waals surface area contributed by atoms with E-state index in [1.54, 1.807) is 35.4 Å². The molecule has 0 saturated carbocycles. The number of aromatic amines is 2. The van der Waals surface area contributed by atoms with E-state index in [1.807, 2.05) is 0 Å². The lowest BCUT2D eigenvalue weighted by Gasteiger charge is -2.26. The van der Waals surface area contributed by atoms with Gasteiger partial charge in [-0.25, -0.2) is 4.79 Å². The van der Waals surface area contributed by atoms with Gasteiger partial charge in [0.25, 0.3) is 5.56 Å². The number of fused-ring (bicyclic) bond motifs is 1. The number of alkyl halides is 3. The summed E-state index contributed by atoms with van der Waals surface area (Å²) in [4.78, 5) is 34.8. The van der Waals surface area contributed by atoms with E-state index in [0.717, 1.165) is 0 Å². The van der Waals surface area contributed by atoms with Crippen molar-refractivity contribution in [3.63, 3.8) is 0 Å². The highest BCUT2D eigenvalue weighted by Crippen LogP contribution is 2.32. The van der Waals surface area contributed by atoms with Gasteiger partial charge < -0.3 is 15.0 Å². The molecule has 1 aliphatic rings. The number of nitrogens with one attached hydrogen (secondary N) is 3. The number of aromatic nitrogens is 3. The minimum atomic E-state index is -4.79. The van der Waals surface area contributed by atoms with Gasteiger partial charge in [0, 0.05) is 12.6 Å². The Balaban J connectivity index is 1.65. The monoisotopic (exact) mass is 419 g/mol. The van der Waals surface area contributed by atoms with Crippen LogP contribution in [-0.4, -0.2) is 27.5 Å². The second-order valence-electron chi connectivity index (χ2n) is 6.64. The molecular weight excluding hydrogens is 403 g/mol. The zero-order chi connectivity index (χ0) is 21.3. The highest BCUT2D eigenvalue weighted by Gasteiger charge is 2.33. The lowest BCUT2D eigenvalue weighted by Crippen LogP contribution is -2.37. The summed E-state index contributed by atoms with van der Waals surface area (Å²) in [7, 11) is 0. The number of benzene rings is 1. The molecule has 0 fully saturated rings. The largest absolute Gasteiger partial charge is 0.573 e. The molecule has 1 atom stereocenters. The van der Waals surface area contributed by atoms with E-state index in [4.69, 9.17) is 0 Å². The van der Waals surface area contributed by atoms with Gasteiger partial charge in [0.2, 0.25) is 0 Å². The van der Waals surface area contributed by atoms with Crippen LogP contribution in [0.25, 0.3) is 0 Å². The molecule has 0 aliphatic carbocycles. The highest BCUT2D eigenvalue weighted by molar-refractivity contribution is 5.71. The second-order valence-corrected chi connectivity index (χ2v) is 6.64. The maximum atomic E-state index is 12.5. The molecule has 3 aromatic rings. The summed E-state index contributed by atoms with van der Waals surface area (Å²) >= 11 is 0. The summed E-state index contributed by atoms with van der Waals surface area (Å²) in [5, 5.41) is 3.04. The fourth-order valence-electron chi connectivity index (χ4n) is 3.33. The molecule has 4 rings (SSSR count). The first-order valence-electron chi connectivity index (χ1n) is 8.93. The number of ether oxygens (including phenoxy) is 1. The predicted octanol–water partition coefficient (Wildman–Crippen LogP) is 2.36. The zero-order valence-corrected chi connectivity index (χ0v) is 15.4. The number of anilines is 2. The van der Waals surface area contributed by atoms with Crippen LogP contribution in [0.4, 0.5) is 24.7 Å². The van der Waals surface area contributed by atoms with Crippen molar-refractivity contribution in [3.05, 3.63) is 80.8 Å². The Labute approximate surface area is 167 Å². The minimum Gasteiger partial charge on any atom is -0.406 e. The first-order valence-corrected chi connectivity index (χ1v) is 8.93. The summed E-state index contributed by atoms with van der Waals surface area (Å²) in [6.45, 7) is 0.268. The molecule has 0 radical (unpaired) electrons. The normalized spacial score (nSPS) is 15.6. The summed E-state index contributed by atoms with van der Waals surface area (Å²) in [5.41, 5.74) is 0.168. The molecule has 0 spiro atoms. The summed E-state index contributed by atoms with van der Waals surface area (Å²) in [5.74, 6) is -0.0415. The van der Waals surface area contributed by atoms with E-state index in [9.17, 15) is 22.8 Å². The zero-order valence-electron chi connectivity index (χ0n) is 15.4. The molecule has 2 aromatic heterocycles. The Morgan fingerprint density at radius 2 is 1.93 bits per heavy atom. The first kappa shape index (κ1) is 19.6. The minimum absolute atomic E-state index is 0.179. The van der Waals surface area contributed by atoms with Gasteiger partial charge in [-0.05, 0) is 29.8 Å². The topological polar surface area (TPSA) is 103 Å². The van der Waals surface area contributed by atoms with Crippen LogP contribution in [0.15, 0.2) is 58.3 Å². The van der Waals surface area contributed by atoms with Crippen LogP contribution in [0.3, 0.4) is 0 Å². The van der Waals surface area contributed by atoms with Crippen LogP contribution < -0.4 is 26.2 Å². The lowest BCUT2D eigenvalue weighted by atomic mass is 10.1. The van der Waals surface area contributed by atoms with Gasteiger partial charge in [0.05, 0.1) is 12.2 Å². The van der Waals surface area contributed by atoms with E-state index < -0.39 is 23.8 Å². The maximum absolute atomic E-state index is 12.5. The Hall–Kier alpha value is -3.76. The predicted molar refractivity (Wildman–Crippen MR) is 102 cm³/mol. The van der Waals surface area contributed by atoms with Crippen LogP contribution >= 0.6 is 0 Å². The van der Waals surface area contributed by atoms with Crippen LogP contribution in [0.1, 0.15) is 11.3 Å². The Kier molecular flexibility index (Phi) is 4.94. The fraction of sp³-hybridized carbons (Fsp3) is 0.211. The standard InChI is InChI=1S/C19H16F3N5O3/c20-19(21,22)30-13-6-3-4-11(8-13)9-14-24-15-16(25-18(29)26-17(15)28)27(14)10-12-5-1-2-7-23-12/h1-8,14,24H,9-10H2,(H2,25,26,28,29). The SMILES string of the molecule is O=c1[nH]c2c(c(=O)[nH]1)NC(Cc1cccc(OC(F)(F)F)c1)N2Cc1ccccn1. The number of nitrogens with zero attached hydrogens (tertiary/aromatic N) is 2. The number of hydrogen-bond donors (Lipinski definition) is 3. The third-order valence-electron chi connectivity index (χ3n) is 4.52. The fourth-order valence-corrected chi connectivity index (χ4v) is 3.33. The van der Waals surface area contributed by atoms with Gasteiger partial charge in [-0.3, -0.25) is 19.7 Å². The number of H-pyrrole nitrogens is 2. The molecule has 11 heteroatoms. The lowest BCUT2D eigenvalue weighted by molar-refractivity contribution is -0.274. The average molecular weight is 419 g/mol. The summed E-state index contributed by atoms with van der Waals surface area (Å²) in [6.07, 6.45) is -3.45. The van der Waals surface area contributed by atoms with Crippen molar-refractivity contribution in [3.8, 4) is 5.75 Å². The average Bonchev–Trinajstić information content (AvgIpc) is 2.99. The van der Waals surface area contributed by atoms with Crippen LogP contribution in [0.5, 0.6) is 5.75 Å². The molecule has 3 heterocycles. The summed E-state index contributed by atoms with van der Waals surface area (Å²) < 4.78 is 41.5. The van der Waals surface area contributed by atoms with Gasteiger partial charge >= 0.3 is 12.1 Å². The third-order valence-corrected chi connectivity index (χ3v) is 4.52. The van der Waals surface area contributed by atoms with Crippen molar-refractivity contribution in [2.24, 2.45) is 0 Å². The number of rotatable bonds is 5. The Morgan fingerprint density at radius 1 is 1.10 bits per heavy atom. The number of hydrogen-bond acceptors (Lipinski definition) is 6. The van der Waals surface area contributed by atoms with Crippen molar-refractivity contribution in [2.75, 3.05) is 10.2 Å². The van der Waals surface area contributed by atoms with E-state index >= 15 is 0 Å². The van der Waals surface area contributed by atoms with Crippen molar-refractivity contribution < 1.29 is 17.9 Å². The quantitative estimate of drug-likeness (QED) is 0.587. The third kappa shape index (κ3) is 4.29. The number of halogens is 3. The van der Waals surface area contributed by atoms with Crippen molar-refractivity contribution in [1.82, 2.24) is 15.0 Å². The highest BCUT2D eigenvalue weighted by atomic mass is 19.4. The smallest absolute Gasteiger partial charge is 0.406 e.